The minimum atomic E-state index is -0.246. The van der Waals surface area contributed by atoms with E-state index in [4.69, 9.17) is 10.5 Å². The van der Waals surface area contributed by atoms with Gasteiger partial charge in [0.1, 0.15) is 18.3 Å². The van der Waals surface area contributed by atoms with Crippen molar-refractivity contribution in [2.24, 2.45) is 0 Å². The summed E-state index contributed by atoms with van der Waals surface area (Å²) in [5, 5.41) is 3.03. The van der Waals surface area contributed by atoms with Crippen LogP contribution in [0.1, 0.15) is 30.0 Å². The van der Waals surface area contributed by atoms with Crippen LogP contribution < -0.4 is 15.8 Å². The Kier molecular flexibility index (Phi) is 3.52. The highest BCUT2D eigenvalue weighted by Gasteiger charge is 2.30. The normalized spacial score (nSPS) is 17.7. The van der Waals surface area contributed by atoms with E-state index in [9.17, 15) is 4.79 Å². The lowest BCUT2D eigenvalue weighted by Crippen LogP contribution is -2.32. The number of amides is 1. The fraction of sp³-hybridized carbons (Fsp3) is 0.235. The van der Waals surface area contributed by atoms with Crippen LogP contribution in [0.15, 0.2) is 48.5 Å². The molecule has 2 aromatic rings. The summed E-state index contributed by atoms with van der Waals surface area (Å²) in [6.07, 6.45) is 0. The molecule has 1 aliphatic rings. The molecule has 2 atom stereocenters. The van der Waals surface area contributed by atoms with E-state index in [-0.39, 0.29) is 17.9 Å². The maximum absolute atomic E-state index is 12.5. The van der Waals surface area contributed by atoms with Gasteiger partial charge in [-0.05, 0) is 30.7 Å². The summed E-state index contributed by atoms with van der Waals surface area (Å²) < 4.78 is 5.56. The molecule has 108 valence electrons. The van der Waals surface area contributed by atoms with Gasteiger partial charge in [0.15, 0.2) is 0 Å². The van der Waals surface area contributed by atoms with Gasteiger partial charge in [-0.25, -0.2) is 0 Å². The molecule has 2 aromatic carbocycles. The van der Waals surface area contributed by atoms with Gasteiger partial charge in [0.2, 0.25) is 5.91 Å². The van der Waals surface area contributed by atoms with E-state index in [2.05, 4.69) is 5.32 Å². The Hall–Kier alpha value is -2.49. The van der Waals surface area contributed by atoms with E-state index < -0.39 is 0 Å². The van der Waals surface area contributed by atoms with Crippen LogP contribution in [0.3, 0.4) is 0 Å². The zero-order valence-electron chi connectivity index (χ0n) is 11.9. The number of nitrogens with two attached hydrogens (primary N) is 1. The topological polar surface area (TPSA) is 64.3 Å². The zero-order chi connectivity index (χ0) is 14.8. The van der Waals surface area contributed by atoms with Crippen LogP contribution in [0.4, 0.5) is 5.69 Å². The van der Waals surface area contributed by atoms with E-state index in [0.29, 0.717) is 12.3 Å². The van der Waals surface area contributed by atoms with Crippen molar-refractivity contribution < 1.29 is 9.53 Å². The van der Waals surface area contributed by atoms with Gasteiger partial charge in [-0.2, -0.15) is 0 Å². The Balaban J connectivity index is 1.73. The van der Waals surface area contributed by atoms with Gasteiger partial charge in [-0.3, -0.25) is 4.79 Å². The standard InChI is InChI=1S/C17H18N2O2/c1-11(12-5-4-6-13(18)9-12)19-17(20)15-10-21-16-8-3-2-7-14(15)16/h2-9,11,15H,10,18H2,1H3,(H,19,20). The predicted octanol–water partition coefficient (Wildman–Crippen LogP) is 2.62. The Morgan fingerprint density at radius 1 is 1.29 bits per heavy atom. The molecule has 3 N–H and O–H groups in total. The average molecular weight is 282 g/mol. The van der Waals surface area contributed by atoms with E-state index in [0.717, 1.165) is 16.9 Å². The Morgan fingerprint density at radius 3 is 2.90 bits per heavy atom. The SMILES string of the molecule is CC(NC(=O)C1COc2ccccc21)c1cccc(N)c1. The molecule has 2 unspecified atom stereocenters. The maximum Gasteiger partial charge on any atom is 0.231 e. The second-order valence-electron chi connectivity index (χ2n) is 5.30. The number of rotatable bonds is 3. The minimum absolute atomic E-state index is 0.0186. The molecule has 4 nitrogen and oxygen atoms in total. The lowest BCUT2D eigenvalue weighted by atomic mass is 9.99. The lowest BCUT2D eigenvalue weighted by Gasteiger charge is -2.17. The van der Waals surface area contributed by atoms with Crippen molar-refractivity contribution in [1.82, 2.24) is 5.32 Å². The number of anilines is 1. The van der Waals surface area contributed by atoms with Gasteiger partial charge in [0.25, 0.3) is 0 Å². The van der Waals surface area contributed by atoms with Gasteiger partial charge in [-0.15, -0.1) is 0 Å². The van der Waals surface area contributed by atoms with E-state index in [1.54, 1.807) is 0 Å². The monoisotopic (exact) mass is 282 g/mol. The fourth-order valence-electron chi connectivity index (χ4n) is 2.61. The Morgan fingerprint density at radius 2 is 2.10 bits per heavy atom. The summed E-state index contributed by atoms with van der Waals surface area (Å²) in [6, 6.07) is 15.1. The van der Waals surface area contributed by atoms with Crippen LogP contribution in [0.5, 0.6) is 5.75 Å². The third-order valence-electron chi connectivity index (χ3n) is 3.79. The molecule has 0 aliphatic carbocycles. The lowest BCUT2D eigenvalue weighted by molar-refractivity contribution is -0.123. The van der Waals surface area contributed by atoms with Crippen molar-refractivity contribution in [1.29, 1.82) is 0 Å². The number of carbonyl (C=O) groups excluding carboxylic acids is 1. The number of benzene rings is 2. The number of fused-ring (bicyclic) bond motifs is 1. The van der Waals surface area contributed by atoms with E-state index >= 15 is 0 Å². The summed E-state index contributed by atoms with van der Waals surface area (Å²) in [7, 11) is 0. The van der Waals surface area contributed by atoms with Crippen molar-refractivity contribution in [3.63, 3.8) is 0 Å². The third kappa shape index (κ3) is 2.70. The van der Waals surface area contributed by atoms with Crippen LogP contribution in [-0.4, -0.2) is 12.5 Å². The van der Waals surface area contributed by atoms with Gasteiger partial charge < -0.3 is 15.8 Å². The van der Waals surface area contributed by atoms with Crippen LogP contribution >= 0.6 is 0 Å². The summed E-state index contributed by atoms with van der Waals surface area (Å²) >= 11 is 0. The highest BCUT2D eigenvalue weighted by Crippen LogP contribution is 2.33. The molecule has 4 heteroatoms. The first kappa shape index (κ1) is 13.5. The number of carbonyl (C=O) groups is 1. The van der Waals surface area contributed by atoms with Crippen molar-refractivity contribution in [2.45, 2.75) is 18.9 Å². The number of hydrogen-bond acceptors (Lipinski definition) is 3. The molecular weight excluding hydrogens is 264 g/mol. The maximum atomic E-state index is 12.5. The van der Waals surface area contributed by atoms with Gasteiger partial charge in [0, 0.05) is 11.3 Å². The zero-order valence-corrected chi connectivity index (χ0v) is 11.9. The van der Waals surface area contributed by atoms with Crippen LogP contribution in [0.2, 0.25) is 0 Å². The van der Waals surface area contributed by atoms with Gasteiger partial charge >= 0.3 is 0 Å². The molecule has 0 fully saturated rings. The fourth-order valence-corrected chi connectivity index (χ4v) is 2.61. The number of hydrogen-bond donors (Lipinski definition) is 2. The molecule has 21 heavy (non-hydrogen) atoms. The van der Waals surface area contributed by atoms with Crippen molar-refractivity contribution in [3.05, 3.63) is 59.7 Å². The number of para-hydroxylation sites is 1. The molecule has 0 saturated carbocycles. The van der Waals surface area contributed by atoms with Crippen LogP contribution in [0, 0.1) is 0 Å². The molecule has 1 aliphatic heterocycles. The number of nitrogens with one attached hydrogen (secondary N) is 1. The van der Waals surface area contributed by atoms with Gasteiger partial charge in [-0.1, -0.05) is 30.3 Å². The highest BCUT2D eigenvalue weighted by molar-refractivity contribution is 5.85. The second kappa shape index (κ2) is 5.48. The smallest absolute Gasteiger partial charge is 0.231 e. The summed E-state index contributed by atoms with van der Waals surface area (Å²) in [5.74, 6) is 0.536. The van der Waals surface area contributed by atoms with Crippen molar-refractivity contribution in [3.8, 4) is 5.75 Å². The first-order valence-electron chi connectivity index (χ1n) is 7.02. The second-order valence-corrected chi connectivity index (χ2v) is 5.30. The molecule has 0 spiro atoms. The number of nitrogen functional groups attached to an aromatic ring is 1. The van der Waals surface area contributed by atoms with Crippen LogP contribution in [0.25, 0.3) is 0 Å². The quantitative estimate of drug-likeness (QED) is 0.851. The summed E-state index contributed by atoms with van der Waals surface area (Å²) in [5.41, 5.74) is 8.43. The molecule has 1 heterocycles. The summed E-state index contributed by atoms with van der Waals surface area (Å²) in [4.78, 5) is 12.5. The van der Waals surface area contributed by atoms with Gasteiger partial charge in [0.05, 0.1) is 6.04 Å². The molecule has 0 bridgehead atoms. The third-order valence-corrected chi connectivity index (χ3v) is 3.79. The first-order chi connectivity index (χ1) is 10.1. The van der Waals surface area contributed by atoms with Crippen LogP contribution in [-0.2, 0) is 4.79 Å². The molecule has 0 radical (unpaired) electrons. The number of ether oxygens (including phenoxy) is 1. The minimum Gasteiger partial charge on any atom is -0.492 e. The Labute approximate surface area is 123 Å². The molecule has 3 rings (SSSR count). The largest absolute Gasteiger partial charge is 0.492 e. The molecule has 1 amide bonds. The first-order valence-corrected chi connectivity index (χ1v) is 7.02. The average Bonchev–Trinajstić information content (AvgIpc) is 2.91. The van der Waals surface area contributed by atoms with Crippen molar-refractivity contribution in [2.75, 3.05) is 12.3 Å². The Bertz CT molecular complexity index is 669. The molecule has 0 saturated heterocycles. The molecule has 0 aromatic heterocycles. The van der Waals surface area contributed by atoms with E-state index in [1.165, 1.54) is 0 Å². The summed E-state index contributed by atoms with van der Waals surface area (Å²) in [6.45, 7) is 2.35. The van der Waals surface area contributed by atoms with E-state index in [1.807, 2.05) is 55.5 Å². The molecular formula is C17H18N2O2. The predicted molar refractivity (Wildman–Crippen MR) is 82.1 cm³/mol. The van der Waals surface area contributed by atoms with Crippen molar-refractivity contribution >= 4 is 11.6 Å². The highest BCUT2D eigenvalue weighted by atomic mass is 16.5.